The van der Waals surface area contributed by atoms with E-state index >= 15 is 0 Å². The molecule has 16 heavy (non-hydrogen) atoms. The molecular weight excluding hydrogens is 202 g/mol. The highest BCUT2D eigenvalue weighted by Gasteiger charge is 2.16. The smallest absolute Gasteiger partial charge is 0.120 e. The van der Waals surface area contributed by atoms with Gasteiger partial charge < -0.3 is 14.9 Å². The Labute approximate surface area is 97.0 Å². The summed E-state index contributed by atoms with van der Waals surface area (Å²) in [6, 6.07) is 3.98. The predicted octanol–water partition coefficient (Wildman–Crippen LogP) is 2.94. The summed E-state index contributed by atoms with van der Waals surface area (Å²) in [6.45, 7) is 2.89. The Morgan fingerprint density at radius 1 is 1.50 bits per heavy atom. The Balaban J connectivity index is 1.69. The lowest BCUT2D eigenvalue weighted by Gasteiger charge is -2.11. The Kier molecular flexibility index (Phi) is 4.02. The molecule has 0 amide bonds. The molecule has 2 rings (SSSR count). The zero-order chi connectivity index (χ0) is 11.4. The fourth-order valence-electron chi connectivity index (χ4n) is 2.23. The fraction of sp³-hybridized carbons (Fsp3) is 0.692. The second-order valence-electron chi connectivity index (χ2n) is 4.62. The Hall–Kier alpha value is -0.800. The molecule has 2 N–H and O–H groups in total. The van der Waals surface area contributed by atoms with Crippen LogP contribution in [0.1, 0.15) is 49.7 Å². The van der Waals surface area contributed by atoms with Crippen molar-refractivity contribution in [3.63, 3.8) is 0 Å². The topological polar surface area (TPSA) is 48.4 Å². The number of hydrogen-bond donors (Lipinski definition) is 1. The summed E-state index contributed by atoms with van der Waals surface area (Å²) in [4.78, 5) is 0. The molecule has 0 aliphatic carbocycles. The maximum atomic E-state index is 6.06. The molecule has 0 radical (unpaired) electrons. The van der Waals surface area contributed by atoms with Crippen molar-refractivity contribution in [1.29, 1.82) is 0 Å². The SMILES string of the molecule is Cc1ccc(C(N)CCCC2CCCO2)o1. The third-order valence-corrected chi connectivity index (χ3v) is 3.19. The molecule has 0 aromatic carbocycles. The maximum Gasteiger partial charge on any atom is 0.120 e. The van der Waals surface area contributed by atoms with Gasteiger partial charge in [0.2, 0.25) is 0 Å². The molecule has 90 valence electrons. The van der Waals surface area contributed by atoms with Crippen LogP contribution in [0.15, 0.2) is 16.5 Å². The van der Waals surface area contributed by atoms with Crippen LogP contribution in [0.2, 0.25) is 0 Å². The molecule has 1 aromatic rings. The first-order chi connectivity index (χ1) is 7.75. The van der Waals surface area contributed by atoms with Crippen LogP contribution in [0.25, 0.3) is 0 Å². The zero-order valence-electron chi connectivity index (χ0n) is 9.95. The van der Waals surface area contributed by atoms with Gasteiger partial charge in [-0.15, -0.1) is 0 Å². The molecule has 2 heterocycles. The second kappa shape index (κ2) is 5.51. The van der Waals surface area contributed by atoms with Crippen LogP contribution in [-0.2, 0) is 4.74 Å². The molecule has 1 aliphatic rings. The lowest BCUT2D eigenvalue weighted by atomic mass is 10.0. The van der Waals surface area contributed by atoms with E-state index in [4.69, 9.17) is 14.9 Å². The minimum atomic E-state index is 0.0371. The summed E-state index contributed by atoms with van der Waals surface area (Å²) in [6.07, 6.45) is 6.14. The molecule has 1 saturated heterocycles. The summed E-state index contributed by atoms with van der Waals surface area (Å²) in [7, 11) is 0. The molecule has 3 nitrogen and oxygen atoms in total. The first kappa shape index (κ1) is 11.7. The van der Waals surface area contributed by atoms with Gasteiger partial charge in [-0.3, -0.25) is 0 Å². The quantitative estimate of drug-likeness (QED) is 0.835. The summed E-state index contributed by atoms with van der Waals surface area (Å²) >= 11 is 0. The minimum Gasteiger partial charge on any atom is -0.465 e. The monoisotopic (exact) mass is 223 g/mol. The van der Waals surface area contributed by atoms with Gasteiger partial charge >= 0.3 is 0 Å². The van der Waals surface area contributed by atoms with Crippen molar-refractivity contribution in [1.82, 2.24) is 0 Å². The highest BCUT2D eigenvalue weighted by atomic mass is 16.5. The van der Waals surface area contributed by atoms with Gasteiger partial charge in [-0.05, 0) is 51.2 Å². The lowest BCUT2D eigenvalue weighted by Crippen LogP contribution is -2.11. The van der Waals surface area contributed by atoms with Gasteiger partial charge in [-0.25, -0.2) is 0 Å². The summed E-state index contributed by atoms with van der Waals surface area (Å²) in [5.74, 6) is 1.84. The molecule has 2 unspecified atom stereocenters. The Bertz CT molecular complexity index is 315. The standard InChI is InChI=1S/C13H21NO2/c1-10-7-8-13(16-10)12(14)6-2-4-11-5-3-9-15-11/h7-8,11-12H,2-6,9,14H2,1H3. The second-order valence-corrected chi connectivity index (χ2v) is 4.62. The predicted molar refractivity (Wildman–Crippen MR) is 63.2 cm³/mol. The molecule has 2 atom stereocenters. The molecular formula is C13H21NO2. The van der Waals surface area contributed by atoms with Crippen molar-refractivity contribution in [3.05, 3.63) is 23.7 Å². The highest BCUT2D eigenvalue weighted by Crippen LogP contribution is 2.22. The van der Waals surface area contributed by atoms with E-state index < -0.39 is 0 Å². The van der Waals surface area contributed by atoms with Crippen LogP contribution in [0, 0.1) is 6.92 Å². The Morgan fingerprint density at radius 2 is 2.38 bits per heavy atom. The molecule has 0 spiro atoms. The number of nitrogens with two attached hydrogens (primary N) is 1. The minimum absolute atomic E-state index is 0.0371. The van der Waals surface area contributed by atoms with Crippen molar-refractivity contribution in [2.45, 2.75) is 51.2 Å². The fourth-order valence-corrected chi connectivity index (χ4v) is 2.23. The number of ether oxygens (including phenoxy) is 1. The van der Waals surface area contributed by atoms with E-state index in [1.807, 2.05) is 19.1 Å². The molecule has 0 saturated carbocycles. The largest absolute Gasteiger partial charge is 0.465 e. The molecule has 1 fully saturated rings. The average Bonchev–Trinajstić information content (AvgIpc) is 2.89. The van der Waals surface area contributed by atoms with Crippen molar-refractivity contribution in [3.8, 4) is 0 Å². The van der Waals surface area contributed by atoms with Crippen molar-refractivity contribution in [2.24, 2.45) is 5.73 Å². The van der Waals surface area contributed by atoms with E-state index in [2.05, 4.69) is 0 Å². The lowest BCUT2D eigenvalue weighted by molar-refractivity contribution is 0.101. The number of hydrogen-bond acceptors (Lipinski definition) is 3. The van der Waals surface area contributed by atoms with E-state index in [1.165, 1.54) is 12.8 Å². The van der Waals surface area contributed by atoms with Gasteiger partial charge in [0.15, 0.2) is 0 Å². The molecule has 1 aliphatic heterocycles. The van der Waals surface area contributed by atoms with Crippen LogP contribution in [0.3, 0.4) is 0 Å². The number of rotatable bonds is 5. The van der Waals surface area contributed by atoms with Crippen LogP contribution < -0.4 is 5.73 Å². The third-order valence-electron chi connectivity index (χ3n) is 3.19. The van der Waals surface area contributed by atoms with Gasteiger partial charge in [0, 0.05) is 6.61 Å². The zero-order valence-corrected chi connectivity index (χ0v) is 9.95. The van der Waals surface area contributed by atoms with E-state index in [0.717, 1.165) is 37.4 Å². The number of furan rings is 1. The molecule has 0 bridgehead atoms. The van der Waals surface area contributed by atoms with Gasteiger partial charge in [-0.2, -0.15) is 0 Å². The van der Waals surface area contributed by atoms with Crippen molar-refractivity contribution in [2.75, 3.05) is 6.61 Å². The van der Waals surface area contributed by atoms with E-state index in [9.17, 15) is 0 Å². The van der Waals surface area contributed by atoms with Crippen molar-refractivity contribution >= 4 is 0 Å². The van der Waals surface area contributed by atoms with Crippen LogP contribution >= 0.6 is 0 Å². The first-order valence-electron chi connectivity index (χ1n) is 6.19. The van der Waals surface area contributed by atoms with Gasteiger partial charge in [-0.1, -0.05) is 0 Å². The van der Waals surface area contributed by atoms with E-state index in [0.29, 0.717) is 6.10 Å². The van der Waals surface area contributed by atoms with Gasteiger partial charge in [0.05, 0.1) is 12.1 Å². The van der Waals surface area contributed by atoms with E-state index in [1.54, 1.807) is 0 Å². The summed E-state index contributed by atoms with van der Waals surface area (Å²) < 4.78 is 11.1. The van der Waals surface area contributed by atoms with Crippen LogP contribution in [0.5, 0.6) is 0 Å². The van der Waals surface area contributed by atoms with E-state index in [-0.39, 0.29) is 6.04 Å². The summed E-state index contributed by atoms with van der Waals surface area (Å²) in [5.41, 5.74) is 6.06. The van der Waals surface area contributed by atoms with Gasteiger partial charge in [0.25, 0.3) is 0 Å². The van der Waals surface area contributed by atoms with Gasteiger partial charge in [0.1, 0.15) is 11.5 Å². The average molecular weight is 223 g/mol. The highest BCUT2D eigenvalue weighted by molar-refractivity contribution is 5.08. The van der Waals surface area contributed by atoms with Crippen LogP contribution in [0.4, 0.5) is 0 Å². The number of aryl methyl sites for hydroxylation is 1. The molecule has 1 aromatic heterocycles. The molecule has 3 heteroatoms. The summed E-state index contributed by atoms with van der Waals surface area (Å²) in [5, 5.41) is 0. The maximum absolute atomic E-state index is 6.06. The normalized spacial score (nSPS) is 22.5. The first-order valence-corrected chi connectivity index (χ1v) is 6.19. The third kappa shape index (κ3) is 3.09. The van der Waals surface area contributed by atoms with Crippen LogP contribution in [-0.4, -0.2) is 12.7 Å². The Morgan fingerprint density at radius 3 is 3.00 bits per heavy atom. The van der Waals surface area contributed by atoms with Crippen molar-refractivity contribution < 1.29 is 9.15 Å².